The summed E-state index contributed by atoms with van der Waals surface area (Å²) in [6.45, 7) is 3.80. The summed E-state index contributed by atoms with van der Waals surface area (Å²) in [7, 11) is 3.31. The topological polar surface area (TPSA) is 39.7 Å². The molecule has 0 radical (unpaired) electrons. The summed E-state index contributed by atoms with van der Waals surface area (Å²) in [6.07, 6.45) is 0. The standard InChI is InChI=1S/C24H26ClNO3/c1-17-7-6-8-18(11-17)16-29-24-13-21(25)20(12-23(24)28-3)15-26-14-19-9-4-5-10-22(19)27-2/h4-13,26H,14-16H2,1-3H3. The fourth-order valence-corrected chi connectivity index (χ4v) is 3.35. The summed E-state index contributed by atoms with van der Waals surface area (Å²) in [5.41, 5.74) is 4.34. The number of methoxy groups -OCH3 is 2. The van der Waals surface area contributed by atoms with Crippen molar-refractivity contribution in [3.8, 4) is 17.2 Å². The number of hydrogen-bond donors (Lipinski definition) is 1. The predicted octanol–water partition coefficient (Wildman–Crippen LogP) is 5.53. The lowest BCUT2D eigenvalue weighted by Crippen LogP contribution is -2.14. The number of nitrogens with one attached hydrogen (secondary N) is 1. The Kier molecular flexibility index (Phi) is 7.39. The van der Waals surface area contributed by atoms with Crippen LogP contribution in [-0.4, -0.2) is 14.2 Å². The number of hydrogen-bond acceptors (Lipinski definition) is 4. The van der Waals surface area contributed by atoms with Gasteiger partial charge in [0, 0.05) is 29.7 Å². The molecule has 0 aliphatic heterocycles. The van der Waals surface area contributed by atoms with Crippen LogP contribution in [0.5, 0.6) is 17.2 Å². The minimum Gasteiger partial charge on any atom is -0.496 e. The highest BCUT2D eigenvalue weighted by molar-refractivity contribution is 6.31. The van der Waals surface area contributed by atoms with Gasteiger partial charge in [0.25, 0.3) is 0 Å². The second-order valence-electron chi connectivity index (χ2n) is 6.79. The Bertz CT molecular complexity index is 959. The Labute approximate surface area is 177 Å². The van der Waals surface area contributed by atoms with E-state index in [1.54, 1.807) is 14.2 Å². The molecular formula is C24H26ClNO3. The van der Waals surface area contributed by atoms with Gasteiger partial charge in [-0.3, -0.25) is 0 Å². The molecule has 0 aliphatic carbocycles. The van der Waals surface area contributed by atoms with Gasteiger partial charge in [-0.05, 0) is 30.2 Å². The van der Waals surface area contributed by atoms with Gasteiger partial charge in [0.05, 0.1) is 14.2 Å². The molecule has 152 valence electrons. The highest BCUT2D eigenvalue weighted by Crippen LogP contribution is 2.34. The molecule has 0 fully saturated rings. The zero-order valence-corrected chi connectivity index (χ0v) is 17.8. The number of benzene rings is 3. The molecule has 0 saturated heterocycles. The molecule has 0 saturated carbocycles. The van der Waals surface area contributed by atoms with Crippen molar-refractivity contribution in [1.29, 1.82) is 0 Å². The van der Waals surface area contributed by atoms with Crippen LogP contribution in [0.25, 0.3) is 0 Å². The number of aryl methyl sites for hydroxylation is 1. The van der Waals surface area contributed by atoms with Crippen molar-refractivity contribution < 1.29 is 14.2 Å². The fraction of sp³-hybridized carbons (Fsp3) is 0.250. The minimum atomic E-state index is 0.458. The average Bonchev–Trinajstić information content (AvgIpc) is 2.74. The smallest absolute Gasteiger partial charge is 0.163 e. The van der Waals surface area contributed by atoms with Crippen molar-refractivity contribution in [2.75, 3.05) is 14.2 Å². The molecule has 0 unspecified atom stereocenters. The first-order valence-corrected chi connectivity index (χ1v) is 9.86. The maximum atomic E-state index is 6.51. The largest absolute Gasteiger partial charge is 0.496 e. The monoisotopic (exact) mass is 411 g/mol. The van der Waals surface area contributed by atoms with Gasteiger partial charge in [-0.1, -0.05) is 59.6 Å². The van der Waals surface area contributed by atoms with Crippen LogP contribution in [-0.2, 0) is 19.7 Å². The average molecular weight is 412 g/mol. The third kappa shape index (κ3) is 5.66. The molecule has 0 bridgehead atoms. The van der Waals surface area contributed by atoms with E-state index in [1.165, 1.54) is 5.56 Å². The van der Waals surface area contributed by atoms with E-state index in [1.807, 2.05) is 48.5 Å². The zero-order valence-electron chi connectivity index (χ0n) is 17.0. The van der Waals surface area contributed by atoms with E-state index in [-0.39, 0.29) is 0 Å². The van der Waals surface area contributed by atoms with Crippen molar-refractivity contribution in [2.45, 2.75) is 26.6 Å². The molecule has 0 heterocycles. The Balaban J connectivity index is 1.66. The van der Waals surface area contributed by atoms with Gasteiger partial charge in [0.15, 0.2) is 11.5 Å². The Morgan fingerprint density at radius 3 is 2.31 bits per heavy atom. The van der Waals surface area contributed by atoms with Crippen LogP contribution in [0.4, 0.5) is 0 Å². The van der Waals surface area contributed by atoms with Crippen LogP contribution in [0.15, 0.2) is 60.7 Å². The molecule has 3 aromatic rings. The lowest BCUT2D eigenvalue weighted by atomic mass is 10.1. The SMILES string of the molecule is COc1ccccc1CNCc1cc(OC)c(OCc2cccc(C)c2)cc1Cl. The molecule has 3 aromatic carbocycles. The Morgan fingerprint density at radius 1 is 0.793 bits per heavy atom. The van der Waals surface area contributed by atoms with E-state index < -0.39 is 0 Å². The van der Waals surface area contributed by atoms with Gasteiger partial charge in [-0.25, -0.2) is 0 Å². The lowest BCUT2D eigenvalue weighted by molar-refractivity contribution is 0.284. The van der Waals surface area contributed by atoms with Gasteiger partial charge in [0.2, 0.25) is 0 Å². The molecule has 3 rings (SSSR count). The molecular weight excluding hydrogens is 386 g/mol. The summed E-state index contributed by atoms with van der Waals surface area (Å²) < 4.78 is 16.9. The van der Waals surface area contributed by atoms with Crippen LogP contribution in [0.1, 0.15) is 22.3 Å². The zero-order chi connectivity index (χ0) is 20.6. The molecule has 4 nitrogen and oxygen atoms in total. The maximum Gasteiger partial charge on any atom is 0.163 e. The van der Waals surface area contributed by atoms with Crippen molar-refractivity contribution in [2.24, 2.45) is 0 Å². The van der Waals surface area contributed by atoms with Gasteiger partial charge in [-0.2, -0.15) is 0 Å². The number of para-hydroxylation sites is 1. The van der Waals surface area contributed by atoms with Crippen molar-refractivity contribution in [1.82, 2.24) is 5.32 Å². The Morgan fingerprint density at radius 2 is 1.55 bits per heavy atom. The van der Waals surface area contributed by atoms with Gasteiger partial charge >= 0.3 is 0 Å². The molecule has 0 aliphatic rings. The summed E-state index contributed by atoms with van der Waals surface area (Å²) in [5.74, 6) is 2.16. The van der Waals surface area contributed by atoms with Crippen molar-refractivity contribution >= 4 is 11.6 Å². The highest BCUT2D eigenvalue weighted by Gasteiger charge is 2.11. The van der Waals surface area contributed by atoms with Crippen LogP contribution >= 0.6 is 11.6 Å². The van der Waals surface area contributed by atoms with Crippen LogP contribution in [0, 0.1) is 6.92 Å². The van der Waals surface area contributed by atoms with Crippen LogP contribution in [0.3, 0.4) is 0 Å². The van der Waals surface area contributed by atoms with Crippen molar-refractivity contribution in [3.63, 3.8) is 0 Å². The number of rotatable bonds is 9. The van der Waals surface area contributed by atoms with E-state index in [4.69, 9.17) is 25.8 Å². The maximum absolute atomic E-state index is 6.51. The summed E-state index contributed by atoms with van der Waals surface area (Å²) in [4.78, 5) is 0. The molecule has 5 heteroatoms. The summed E-state index contributed by atoms with van der Waals surface area (Å²) >= 11 is 6.51. The minimum absolute atomic E-state index is 0.458. The predicted molar refractivity (Wildman–Crippen MR) is 117 cm³/mol. The van der Waals surface area contributed by atoms with Gasteiger partial charge in [0.1, 0.15) is 12.4 Å². The van der Waals surface area contributed by atoms with Gasteiger partial charge in [-0.15, -0.1) is 0 Å². The molecule has 0 spiro atoms. The van der Waals surface area contributed by atoms with E-state index in [0.717, 1.165) is 22.4 Å². The molecule has 0 aromatic heterocycles. The first kappa shape index (κ1) is 21.0. The quantitative estimate of drug-likeness (QED) is 0.502. The molecule has 29 heavy (non-hydrogen) atoms. The second kappa shape index (κ2) is 10.2. The molecule has 0 amide bonds. The first-order chi connectivity index (χ1) is 14.1. The van der Waals surface area contributed by atoms with Crippen molar-refractivity contribution in [3.05, 3.63) is 87.9 Å². The van der Waals surface area contributed by atoms with E-state index in [9.17, 15) is 0 Å². The Hall–Kier alpha value is -2.69. The third-order valence-electron chi connectivity index (χ3n) is 4.63. The van der Waals surface area contributed by atoms with E-state index in [0.29, 0.717) is 36.2 Å². The van der Waals surface area contributed by atoms with Gasteiger partial charge < -0.3 is 19.5 Å². The lowest BCUT2D eigenvalue weighted by Gasteiger charge is -2.15. The second-order valence-corrected chi connectivity index (χ2v) is 7.19. The number of halogens is 1. The summed E-state index contributed by atoms with van der Waals surface area (Å²) in [5, 5.41) is 4.04. The third-order valence-corrected chi connectivity index (χ3v) is 4.98. The van der Waals surface area contributed by atoms with Crippen LogP contribution < -0.4 is 19.5 Å². The van der Waals surface area contributed by atoms with Crippen LogP contribution in [0.2, 0.25) is 5.02 Å². The first-order valence-electron chi connectivity index (χ1n) is 9.48. The normalized spacial score (nSPS) is 10.6. The fourth-order valence-electron chi connectivity index (χ4n) is 3.13. The summed E-state index contributed by atoms with van der Waals surface area (Å²) in [6, 6.07) is 19.9. The van der Waals surface area contributed by atoms with E-state index >= 15 is 0 Å². The number of ether oxygens (including phenoxy) is 3. The highest BCUT2D eigenvalue weighted by atomic mass is 35.5. The molecule has 0 atom stereocenters. The van der Waals surface area contributed by atoms with E-state index in [2.05, 4.69) is 24.4 Å². The molecule has 1 N–H and O–H groups in total.